The molecule has 3 nitrogen and oxygen atoms in total. The summed E-state index contributed by atoms with van der Waals surface area (Å²) in [4.78, 5) is 0. The van der Waals surface area contributed by atoms with Gasteiger partial charge in [-0.05, 0) is 43.5 Å². The first-order chi connectivity index (χ1) is 11.7. The molecule has 0 atom stereocenters. The van der Waals surface area contributed by atoms with Gasteiger partial charge in [0.05, 0.1) is 5.69 Å². The van der Waals surface area contributed by atoms with Gasteiger partial charge in [0.1, 0.15) is 0 Å². The van der Waals surface area contributed by atoms with Crippen LogP contribution in [0.25, 0.3) is 17.1 Å². The molecule has 3 rings (SSSR count). The van der Waals surface area contributed by atoms with Crippen molar-refractivity contribution in [3.8, 4) is 17.1 Å². The number of hydrogen-bond donors (Lipinski definition) is 0. The number of aromatic nitrogens is 3. The van der Waals surface area contributed by atoms with Crippen LogP contribution in [0, 0.1) is 13.8 Å². The lowest BCUT2D eigenvalue weighted by atomic mass is 10.1. The number of benzene rings is 2. The van der Waals surface area contributed by atoms with Gasteiger partial charge in [0.15, 0.2) is 11.0 Å². The average molecular weight is 337 g/mol. The monoisotopic (exact) mass is 337 g/mol. The predicted octanol–water partition coefficient (Wildman–Crippen LogP) is 5.44. The molecule has 0 aliphatic rings. The Labute approximate surface area is 148 Å². The van der Waals surface area contributed by atoms with Crippen molar-refractivity contribution in [2.75, 3.05) is 5.75 Å². The van der Waals surface area contributed by atoms with Crippen molar-refractivity contribution in [1.29, 1.82) is 0 Å². The lowest BCUT2D eigenvalue weighted by Crippen LogP contribution is -2.01. The van der Waals surface area contributed by atoms with Crippen LogP contribution in [0.5, 0.6) is 0 Å². The summed E-state index contributed by atoms with van der Waals surface area (Å²) in [6, 6.07) is 16.8. The van der Waals surface area contributed by atoms with Gasteiger partial charge in [-0.25, -0.2) is 0 Å². The minimum atomic E-state index is 0.901. The summed E-state index contributed by atoms with van der Waals surface area (Å²) >= 11 is 1.78. The second-order valence-electron chi connectivity index (χ2n) is 5.98. The Morgan fingerprint density at radius 3 is 2.46 bits per heavy atom. The number of unbranched alkanes of at least 4 members (excludes halogenated alkanes) is 1. The molecule has 1 aromatic heterocycles. The zero-order chi connectivity index (χ0) is 16.9. The van der Waals surface area contributed by atoms with Gasteiger partial charge >= 0.3 is 0 Å². The van der Waals surface area contributed by atoms with E-state index >= 15 is 0 Å². The smallest absolute Gasteiger partial charge is 0.196 e. The zero-order valence-electron chi connectivity index (χ0n) is 14.5. The lowest BCUT2D eigenvalue weighted by Gasteiger charge is -2.12. The Hall–Kier alpha value is -2.07. The maximum Gasteiger partial charge on any atom is 0.196 e. The molecule has 0 unspecified atom stereocenters. The van der Waals surface area contributed by atoms with Crippen LogP contribution in [0.4, 0.5) is 0 Å². The molecule has 3 aromatic rings. The highest BCUT2D eigenvalue weighted by molar-refractivity contribution is 7.99. The van der Waals surface area contributed by atoms with E-state index in [0.29, 0.717) is 0 Å². The van der Waals surface area contributed by atoms with Crippen molar-refractivity contribution < 1.29 is 0 Å². The maximum absolute atomic E-state index is 4.49. The van der Waals surface area contributed by atoms with Gasteiger partial charge in [-0.15, -0.1) is 10.2 Å². The molecule has 24 heavy (non-hydrogen) atoms. The van der Waals surface area contributed by atoms with Crippen LogP contribution in [0.2, 0.25) is 0 Å². The largest absolute Gasteiger partial charge is 0.270 e. The average Bonchev–Trinajstić information content (AvgIpc) is 3.02. The van der Waals surface area contributed by atoms with E-state index in [1.807, 2.05) is 18.2 Å². The Bertz CT molecular complexity index is 809. The molecular formula is C20H23N3S. The standard InChI is InChI=1S/C20H23N3S/c1-4-5-13-24-20-22-21-19(17-9-7-6-8-10-17)23(20)18-12-11-15(2)16(3)14-18/h6-12,14H,4-5,13H2,1-3H3. The Kier molecular flexibility index (Phi) is 5.36. The highest BCUT2D eigenvalue weighted by Gasteiger charge is 2.16. The van der Waals surface area contributed by atoms with Crippen LogP contribution in [0.1, 0.15) is 30.9 Å². The van der Waals surface area contributed by atoms with E-state index in [0.717, 1.165) is 28.0 Å². The van der Waals surface area contributed by atoms with E-state index in [1.54, 1.807) is 11.8 Å². The minimum Gasteiger partial charge on any atom is -0.270 e. The highest BCUT2D eigenvalue weighted by Crippen LogP contribution is 2.29. The van der Waals surface area contributed by atoms with Crippen LogP contribution < -0.4 is 0 Å². The second-order valence-corrected chi connectivity index (χ2v) is 7.04. The number of nitrogens with zero attached hydrogens (tertiary/aromatic N) is 3. The Balaban J connectivity index is 2.08. The number of hydrogen-bond acceptors (Lipinski definition) is 3. The number of rotatable bonds is 6. The first-order valence-electron chi connectivity index (χ1n) is 8.42. The molecule has 0 spiro atoms. The van der Waals surface area contributed by atoms with E-state index in [4.69, 9.17) is 0 Å². The van der Waals surface area contributed by atoms with Gasteiger partial charge in [0.25, 0.3) is 0 Å². The van der Waals surface area contributed by atoms with Crippen molar-refractivity contribution in [2.45, 2.75) is 38.8 Å². The Morgan fingerprint density at radius 1 is 0.958 bits per heavy atom. The molecule has 0 saturated carbocycles. The van der Waals surface area contributed by atoms with E-state index in [1.165, 1.54) is 24.0 Å². The normalized spacial score (nSPS) is 11.0. The van der Waals surface area contributed by atoms with Crippen molar-refractivity contribution in [3.05, 3.63) is 59.7 Å². The molecule has 0 radical (unpaired) electrons. The third kappa shape index (κ3) is 3.54. The SMILES string of the molecule is CCCCSc1nnc(-c2ccccc2)n1-c1ccc(C)c(C)c1. The van der Waals surface area contributed by atoms with Crippen LogP contribution in [-0.2, 0) is 0 Å². The summed E-state index contributed by atoms with van der Waals surface area (Å²) in [6.45, 7) is 6.50. The lowest BCUT2D eigenvalue weighted by molar-refractivity contribution is 0.865. The fraction of sp³-hybridized carbons (Fsp3) is 0.300. The number of aryl methyl sites for hydroxylation is 2. The predicted molar refractivity (Wildman–Crippen MR) is 102 cm³/mol. The maximum atomic E-state index is 4.49. The van der Waals surface area contributed by atoms with Crippen LogP contribution >= 0.6 is 11.8 Å². The van der Waals surface area contributed by atoms with Gasteiger partial charge in [-0.2, -0.15) is 0 Å². The first kappa shape index (κ1) is 16.8. The molecule has 0 fully saturated rings. The van der Waals surface area contributed by atoms with E-state index < -0.39 is 0 Å². The molecule has 0 aliphatic carbocycles. The zero-order valence-corrected chi connectivity index (χ0v) is 15.3. The van der Waals surface area contributed by atoms with Gasteiger partial charge in [-0.3, -0.25) is 4.57 Å². The number of thioether (sulfide) groups is 1. The van der Waals surface area contributed by atoms with Gasteiger partial charge < -0.3 is 0 Å². The topological polar surface area (TPSA) is 30.7 Å². The molecule has 1 heterocycles. The Morgan fingerprint density at radius 2 is 1.75 bits per heavy atom. The minimum absolute atomic E-state index is 0.901. The molecule has 0 amide bonds. The van der Waals surface area contributed by atoms with Crippen molar-refractivity contribution in [2.24, 2.45) is 0 Å². The van der Waals surface area contributed by atoms with Gasteiger partial charge in [0.2, 0.25) is 0 Å². The van der Waals surface area contributed by atoms with Gasteiger partial charge in [-0.1, -0.05) is 61.5 Å². The summed E-state index contributed by atoms with van der Waals surface area (Å²) in [5.41, 5.74) is 4.80. The van der Waals surface area contributed by atoms with Crippen molar-refractivity contribution in [1.82, 2.24) is 14.8 Å². The molecule has 2 aromatic carbocycles. The molecule has 124 valence electrons. The third-order valence-corrected chi connectivity index (χ3v) is 5.16. The molecule has 0 N–H and O–H groups in total. The summed E-state index contributed by atoms with van der Waals surface area (Å²) in [5.74, 6) is 1.96. The second kappa shape index (κ2) is 7.67. The van der Waals surface area contributed by atoms with Crippen LogP contribution in [0.3, 0.4) is 0 Å². The first-order valence-corrected chi connectivity index (χ1v) is 9.40. The quantitative estimate of drug-likeness (QED) is 0.443. The van der Waals surface area contributed by atoms with Crippen LogP contribution in [-0.4, -0.2) is 20.5 Å². The van der Waals surface area contributed by atoms with Gasteiger partial charge in [0, 0.05) is 11.3 Å². The summed E-state index contributed by atoms with van der Waals surface area (Å²) in [5, 5.41) is 9.92. The van der Waals surface area contributed by atoms with Crippen LogP contribution in [0.15, 0.2) is 53.7 Å². The fourth-order valence-corrected chi connectivity index (χ4v) is 3.58. The highest BCUT2D eigenvalue weighted by atomic mass is 32.2. The van der Waals surface area contributed by atoms with E-state index in [-0.39, 0.29) is 0 Å². The summed E-state index contributed by atoms with van der Waals surface area (Å²) < 4.78 is 2.18. The third-order valence-electron chi connectivity index (χ3n) is 4.14. The summed E-state index contributed by atoms with van der Waals surface area (Å²) in [6.07, 6.45) is 2.38. The summed E-state index contributed by atoms with van der Waals surface area (Å²) in [7, 11) is 0. The molecule has 0 saturated heterocycles. The van der Waals surface area contributed by atoms with E-state index in [2.05, 4.69) is 65.9 Å². The molecule has 0 aliphatic heterocycles. The van der Waals surface area contributed by atoms with Crippen molar-refractivity contribution >= 4 is 11.8 Å². The molecular weight excluding hydrogens is 314 g/mol. The fourth-order valence-electron chi connectivity index (χ4n) is 2.54. The van der Waals surface area contributed by atoms with Crippen molar-refractivity contribution in [3.63, 3.8) is 0 Å². The van der Waals surface area contributed by atoms with E-state index in [9.17, 15) is 0 Å². The molecule has 4 heteroatoms. The molecule has 0 bridgehead atoms.